The van der Waals surface area contributed by atoms with Gasteiger partial charge in [-0.2, -0.15) is 0 Å². The lowest BCUT2D eigenvalue weighted by Gasteiger charge is -1.93. The molecule has 0 unspecified atom stereocenters. The predicted octanol–water partition coefficient (Wildman–Crippen LogP) is 2.50. The maximum absolute atomic E-state index is 10.4. The van der Waals surface area contributed by atoms with Crippen LogP contribution in [0.1, 0.15) is 5.56 Å². The van der Waals surface area contributed by atoms with E-state index in [-0.39, 0.29) is 0 Å². The van der Waals surface area contributed by atoms with E-state index in [0.717, 1.165) is 14.3 Å². The summed E-state index contributed by atoms with van der Waals surface area (Å²) in [6, 6.07) is 1.82. The van der Waals surface area contributed by atoms with Gasteiger partial charge in [0.05, 0.1) is 2.88 Å². The van der Waals surface area contributed by atoms with Crippen molar-refractivity contribution in [3.05, 3.63) is 25.7 Å². The molecule has 0 aliphatic rings. The van der Waals surface area contributed by atoms with Gasteiger partial charge in [-0.15, -0.1) is 11.3 Å². The molecule has 0 saturated carbocycles. The molecule has 0 aliphatic carbocycles. The SMILES string of the molecule is O=P(O)(O)/C=C/c1ccsc1I. The number of thiophene rings is 1. The lowest BCUT2D eigenvalue weighted by Crippen LogP contribution is -1.70. The summed E-state index contributed by atoms with van der Waals surface area (Å²) >= 11 is 3.66. The molecule has 0 fully saturated rings. The van der Waals surface area contributed by atoms with Gasteiger partial charge in [-0.05, 0) is 45.7 Å². The van der Waals surface area contributed by atoms with Gasteiger partial charge in [-0.3, -0.25) is 4.57 Å². The van der Waals surface area contributed by atoms with Gasteiger partial charge in [-0.25, -0.2) is 0 Å². The molecule has 0 atom stereocenters. The Morgan fingerprint density at radius 2 is 2.25 bits per heavy atom. The van der Waals surface area contributed by atoms with Crippen molar-refractivity contribution in [3.63, 3.8) is 0 Å². The minimum atomic E-state index is -4.01. The Balaban J connectivity index is 2.84. The average molecular weight is 316 g/mol. The van der Waals surface area contributed by atoms with E-state index >= 15 is 0 Å². The van der Waals surface area contributed by atoms with E-state index in [4.69, 9.17) is 9.79 Å². The van der Waals surface area contributed by atoms with Crippen LogP contribution in [-0.4, -0.2) is 9.79 Å². The highest BCUT2D eigenvalue weighted by molar-refractivity contribution is 14.1. The normalized spacial score (nSPS) is 12.6. The van der Waals surface area contributed by atoms with Crippen molar-refractivity contribution in [1.82, 2.24) is 0 Å². The molecule has 3 nitrogen and oxygen atoms in total. The van der Waals surface area contributed by atoms with E-state index in [1.807, 2.05) is 11.4 Å². The van der Waals surface area contributed by atoms with Crippen molar-refractivity contribution in [2.75, 3.05) is 0 Å². The van der Waals surface area contributed by atoms with Gasteiger partial charge in [0.15, 0.2) is 0 Å². The second-order valence-electron chi connectivity index (χ2n) is 2.05. The van der Waals surface area contributed by atoms with E-state index in [0.29, 0.717) is 0 Å². The largest absolute Gasteiger partial charge is 0.349 e. The summed E-state index contributed by atoms with van der Waals surface area (Å²) in [6.45, 7) is 0. The summed E-state index contributed by atoms with van der Waals surface area (Å²) in [6.07, 6.45) is 1.44. The standard InChI is InChI=1S/C6H6IO3PS/c7-6-5(2-4-12-6)1-3-11(8,9)10/h1-4H,(H2,8,9,10)/b3-1+. The Hall–Kier alpha value is 0.320. The zero-order valence-corrected chi connectivity index (χ0v) is 9.71. The fraction of sp³-hybridized carbons (Fsp3) is 0. The molecular formula is C6H6IO3PS. The highest BCUT2D eigenvalue weighted by atomic mass is 127. The predicted molar refractivity (Wildman–Crippen MR) is 58.1 cm³/mol. The van der Waals surface area contributed by atoms with Gasteiger partial charge < -0.3 is 9.79 Å². The molecule has 2 N–H and O–H groups in total. The lowest BCUT2D eigenvalue weighted by molar-refractivity contribution is 0.386. The van der Waals surface area contributed by atoms with Crippen LogP contribution in [0.15, 0.2) is 17.3 Å². The highest BCUT2D eigenvalue weighted by Gasteiger charge is 2.06. The summed E-state index contributed by atoms with van der Waals surface area (Å²) in [5, 5.41) is 1.88. The van der Waals surface area contributed by atoms with Crippen molar-refractivity contribution in [2.24, 2.45) is 0 Å². The van der Waals surface area contributed by atoms with Gasteiger partial charge in [-0.1, -0.05) is 0 Å². The van der Waals surface area contributed by atoms with E-state index in [1.165, 1.54) is 17.4 Å². The van der Waals surface area contributed by atoms with Crippen LogP contribution in [0.5, 0.6) is 0 Å². The molecule has 66 valence electrons. The Morgan fingerprint density at radius 3 is 2.67 bits per heavy atom. The van der Waals surface area contributed by atoms with Gasteiger partial charge in [0.25, 0.3) is 0 Å². The van der Waals surface area contributed by atoms with Crippen LogP contribution < -0.4 is 0 Å². The van der Waals surface area contributed by atoms with Gasteiger partial charge in [0.1, 0.15) is 0 Å². The maximum Gasteiger partial charge on any atom is 0.349 e. The average Bonchev–Trinajstić information content (AvgIpc) is 2.29. The zero-order valence-electron chi connectivity index (χ0n) is 5.85. The summed E-state index contributed by atoms with van der Waals surface area (Å²) in [7, 11) is -4.01. The van der Waals surface area contributed by atoms with E-state index in [2.05, 4.69) is 22.6 Å². The molecule has 0 saturated heterocycles. The number of rotatable bonds is 2. The molecule has 1 heterocycles. The summed E-state index contributed by atoms with van der Waals surface area (Å²) in [4.78, 5) is 17.1. The molecule has 0 spiro atoms. The van der Waals surface area contributed by atoms with Crippen molar-refractivity contribution in [3.8, 4) is 0 Å². The molecular weight excluding hydrogens is 310 g/mol. The van der Waals surface area contributed by atoms with Crippen LogP contribution in [-0.2, 0) is 4.57 Å². The number of hydrogen-bond acceptors (Lipinski definition) is 2. The molecule has 12 heavy (non-hydrogen) atoms. The molecule has 0 radical (unpaired) electrons. The van der Waals surface area contributed by atoms with Crippen LogP contribution in [0.25, 0.3) is 6.08 Å². The smallest absolute Gasteiger partial charge is 0.321 e. The zero-order chi connectivity index (χ0) is 9.19. The molecule has 6 heteroatoms. The monoisotopic (exact) mass is 316 g/mol. The Labute approximate surface area is 87.4 Å². The van der Waals surface area contributed by atoms with Gasteiger partial charge in [0.2, 0.25) is 0 Å². The van der Waals surface area contributed by atoms with Crippen LogP contribution in [0, 0.1) is 2.88 Å². The molecule has 0 bridgehead atoms. The van der Waals surface area contributed by atoms with Crippen molar-refractivity contribution in [2.45, 2.75) is 0 Å². The van der Waals surface area contributed by atoms with E-state index < -0.39 is 7.60 Å². The Morgan fingerprint density at radius 1 is 1.58 bits per heavy atom. The first-order valence-corrected chi connectivity index (χ1v) is 6.60. The van der Waals surface area contributed by atoms with Crippen LogP contribution in [0.3, 0.4) is 0 Å². The molecule has 0 aliphatic heterocycles. The summed E-state index contributed by atoms with van der Waals surface area (Å²) in [5.41, 5.74) is 0.851. The maximum atomic E-state index is 10.4. The highest BCUT2D eigenvalue weighted by Crippen LogP contribution is 2.37. The number of halogens is 1. The fourth-order valence-corrected chi connectivity index (χ4v) is 2.36. The molecule has 0 amide bonds. The lowest BCUT2D eigenvalue weighted by atomic mass is 10.3. The van der Waals surface area contributed by atoms with Crippen molar-refractivity contribution < 1.29 is 14.4 Å². The van der Waals surface area contributed by atoms with Crippen LogP contribution in [0.2, 0.25) is 0 Å². The molecule has 0 aromatic carbocycles. The van der Waals surface area contributed by atoms with Crippen LogP contribution in [0.4, 0.5) is 0 Å². The molecule has 1 aromatic heterocycles. The van der Waals surface area contributed by atoms with Gasteiger partial charge in [0, 0.05) is 5.82 Å². The fourth-order valence-electron chi connectivity index (χ4n) is 0.599. The third-order valence-corrected chi connectivity index (χ3v) is 3.73. The Bertz CT molecular complexity index is 340. The van der Waals surface area contributed by atoms with E-state index in [1.54, 1.807) is 0 Å². The summed E-state index contributed by atoms with van der Waals surface area (Å²) < 4.78 is 11.5. The quantitative estimate of drug-likeness (QED) is 0.651. The third-order valence-electron chi connectivity index (χ3n) is 1.09. The Kier molecular flexibility index (Phi) is 3.48. The third kappa shape index (κ3) is 3.37. The van der Waals surface area contributed by atoms with Gasteiger partial charge >= 0.3 is 7.60 Å². The summed E-state index contributed by atoms with van der Waals surface area (Å²) in [5.74, 6) is 0.914. The minimum absolute atomic E-state index is 0.851. The first kappa shape index (κ1) is 10.4. The molecule has 1 aromatic rings. The second-order valence-corrected chi connectivity index (χ2v) is 6.26. The van der Waals surface area contributed by atoms with Crippen molar-refractivity contribution >= 4 is 47.6 Å². The minimum Gasteiger partial charge on any atom is -0.321 e. The molecule has 1 rings (SSSR count). The van der Waals surface area contributed by atoms with Crippen LogP contribution >= 0.6 is 41.5 Å². The first-order chi connectivity index (χ1) is 5.49. The number of hydrogen-bond donors (Lipinski definition) is 2. The first-order valence-electron chi connectivity index (χ1n) is 2.96. The van der Waals surface area contributed by atoms with Crippen molar-refractivity contribution in [1.29, 1.82) is 0 Å². The second kappa shape index (κ2) is 4.02. The van der Waals surface area contributed by atoms with E-state index in [9.17, 15) is 4.57 Å². The topological polar surface area (TPSA) is 57.5 Å².